The lowest BCUT2D eigenvalue weighted by atomic mass is 10.3. The Hall–Kier alpha value is -4.45. The van der Waals surface area contributed by atoms with Gasteiger partial charge in [0.05, 0.1) is 12.1 Å². The molecular weight excluding hydrogens is 416 g/mol. The van der Waals surface area contributed by atoms with Gasteiger partial charge in [-0.25, -0.2) is 13.8 Å². The van der Waals surface area contributed by atoms with Gasteiger partial charge in [-0.3, -0.25) is 0 Å². The summed E-state index contributed by atoms with van der Waals surface area (Å²) in [5.41, 5.74) is 2.33. The Balaban J connectivity index is 1.39. The highest BCUT2D eigenvalue weighted by molar-refractivity contribution is 5.84. The predicted octanol–water partition coefficient (Wildman–Crippen LogP) is 4.93. The first-order valence-corrected chi connectivity index (χ1v) is 9.68. The normalized spacial score (nSPS) is 13.2. The van der Waals surface area contributed by atoms with E-state index in [4.69, 9.17) is 14.7 Å². The largest absolute Gasteiger partial charge is 0.454 e. The molecule has 0 saturated heterocycles. The Labute approximate surface area is 181 Å². The van der Waals surface area contributed by atoms with Gasteiger partial charge in [-0.05, 0) is 48.5 Å². The summed E-state index contributed by atoms with van der Waals surface area (Å²) >= 11 is 0. The molecule has 0 aliphatic carbocycles. The van der Waals surface area contributed by atoms with E-state index in [0.29, 0.717) is 41.5 Å². The Kier molecular flexibility index (Phi) is 4.88. The van der Waals surface area contributed by atoms with Gasteiger partial charge in [0.25, 0.3) is 0 Å². The summed E-state index contributed by atoms with van der Waals surface area (Å²) in [4.78, 5) is 10.2. The van der Waals surface area contributed by atoms with E-state index in [9.17, 15) is 8.78 Å². The molecule has 158 valence electrons. The molecule has 2 aromatic heterocycles. The van der Waals surface area contributed by atoms with Crippen LogP contribution in [0.4, 0.5) is 8.78 Å². The molecule has 1 aliphatic heterocycles. The summed E-state index contributed by atoms with van der Waals surface area (Å²) in [5, 5.41) is 9.12. The van der Waals surface area contributed by atoms with Crippen LogP contribution in [-0.4, -0.2) is 32.5 Å². The number of nitriles is 1. The first-order chi connectivity index (χ1) is 15.6. The minimum atomic E-state index is -0.786. The molecule has 2 aromatic carbocycles. The number of fused-ring (bicyclic) bond motifs is 1. The smallest absolute Gasteiger partial charge is 0.247 e. The summed E-state index contributed by atoms with van der Waals surface area (Å²) in [6, 6.07) is 11.5. The van der Waals surface area contributed by atoms with Crippen LogP contribution in [0.15, 0.2) is 67.1 Å². The van der Waals surface area contributed by atoms with Crippen molar-refractivity contribution in [3.8, 4) is 29.3 Å². The summed E-state index contributed by atoms with van der Waals surface area (Å²) in [5.74, 6) is -0.324. The van der Waals surface area contributed by atoms with E-state index in [1.54, 1.807) is 29.2 Å². The Morgan fingerprint density at radius 2 is 1.75 bits per heavy atom. The number of hydrogen-bond acceptors (Lipinski definition) is 6. The van der Waals surface area contributed by atoms with Crippen molar-refractivity contribution in [3.05, 3.63) is 78.8 Å². The van der Waals surface area contributed by atoms with Crippen molar-refractivity contribution in [3.63, 3.8) is 0 Å². The number of halogens is 2. The predicted molar refractivity (Wildman–Crippen MR) is 112 cm³/mol. The van der Waals surface area contributed by atoms with Crippen molar-refractivity contribution in [2.24, 2.45) is 0 Å². The van der Waals surface area contributed by atoms with Gasteiger partial charge >= 0.3 is 0 Å². The van der Waals surface area contributed by atoms with E-state index in [1.807, 2.05) is 22.9 Å². The molecule has 1 aliphatic rings. The molecule has 0 bridgehead atoms. The van der Waals surface area contributed by atoms with E-state index in [1.165, 1.54) is 12.4 Å². The van der Waals surface area contributed by atoms with Crippen molar-refractivity contribution in [1.82, 2.24) is 19.4 Å². The molecule has 0 amide bonds. The van der Waals surface area contributed by atoms with E-state index >= 15 is 0 Å². The zero-order valence-electron chi connectivity index (χ0n) is 16.6. The standard InChI is InChI=1S/C23H15F2N5O2/c24-15-1-6-21(19(25)11-15)31-17-2-4-18(5-3-17)32-23-22-20(27-14-28-23)8-10-30(22)16-7-9-29(12-16)13-26/h1-8,10-11,14H,9,12H2. The Morgan fingerprint density at radius 1 is 0.969 bits per heavy atom. The minimum Gasteiger partial charge on any atom is -0.454 e. The van der Waals surface area contributed by atoms with Crippen LogP contribution >= 0.6 is 0 Å². The zero-order valence-corrected chi connectivity index (χ0v) is 16.6. The molecule has 0 spiro atoms. The number of rotatable bonds is 5. The molecular formula is C23H15F2N5O2. The minimum absolute atomic E-state index is 0.0772. The molecule has 5 rings (SSSR count). The molecule has 3 heterocycles. The maximum absolute atomic E-state index is 13.8. The van der Waals surface area contributed by atoms with Crippen molar-refractivity contribution in [1.29, 1.82) is 5.26 Å². The van der Waals surface area contributed by atoms with Crippen LogP contribution in [0.2, 0.25) is 0 Å². The highest BCUT2D eigenvalue weighted by Gasteiger charge is 2.19. The first-order valence-electron chi connectivity index (χ1n) is 9.68. The Morgan fingerprint density at radius 3 is 2.47 bits per heavy atom. The fourth-order valence-electron chi connectivity index (χ4n) is 3.42. The van der Waals surface area contributed by atoms with Crippen molar-refractivity contribution in [2.75, 3.05) is 13.1 Å². The maximum atomic E-state index is 13.8. The second-order valence-electron chi connectivity index (χ2n) is 7.02. The number of benzene rings is 2. The molecule has 32 heavy (non-hydrogen) atoms. The average Bonchev–Trinajstić information content (AvgIpc) is 3.44. The fourth-order valence-corrected chi connectivity index (χ4v) is 3.42. The fraction of sp³-hybridized carbons (Fsp3) is 0.0870. The van der Waals surface area contributed by atoms with Crippen LogP contribution in [0, 0.1) is 23.1 Å². The van der Waals surface area contributed by atoms with E-state index < -0.39 is 11.6 Å². The molecule has 0 atom stereocenters. The van der Waals surface area contributed by atoms with Gasteiger partial charge in [0.2, 0.25) is 5.88 Å². The van der Waals surface area contributed by atoms with Crippen LogP contribution < -0.4 is 9.47 Å². The molecule has 0 saturated carbocycles. The highest BCUT2D eigenvalue weighted by atomic mass is 19.1. The average molecular weight is 431 g/mol. The lowest BCUT2D eigenvalue weighted by Gasteiger charge is -2.12. The van der Waals surface area contributed by atoms with Crippen LogP contribution in [0.5, 0.6) is 23.1 Å². The van der Waals surface area contributed by atoms with Crippen molar-refractivity contribution < 1.29 is 18.3 Å². The SMILES string of the molecule is N#CN1CC=C(n2ccc3ncnc(Oc4ccc(Oc5ccc(F)cc5F)cc4)c32)C1. The van der Waals surface area contributed by atoms with Crippen LogP contribution in [0.1, 0.15) is 0 Å². The molecule has 4 aromatic rings. The third-order valence-corrected chi connectivity index (χ3v) is 4.95. The van der Waals surface area contributed by atoms with Gasteiger partial charge in [-0.2, -0.15) is 10.2 Å². The molecule has 0 N–H and O–H groups in total. The molecule has 7 nitrogen and oxygen atoms in total. The summed E-state index contributed by atoms with van der Waals surface area (Å²) in [7, 11) is 0. The number of aromatic nitrogens is 3. The van der Waals surface area contributed by atoms with Gasteiger partial charge in [-0.1, -0.05) is 0 Å². The van der Waals surface area contributed by atoms with E-state index in [2.05, 4.69) is 16.2 Å². The second-order valence-corrected chi connectivity index (χ2v) is 7.02. The van der Waals surface area contributed by atoms with Gasteiger partial charge in [-0.15, -0.1) is 0 Å². The van der Waals surface area contributed by atoms with Crippen LogP contribution in [0.3, 0.4) is 0 Å². The highest BCUT2D eigenvalue weighted by Crippen LogP contribution is 2.32. The quantitative estimate of drug-likeness (QED) is 0.417. The molecule has 0 radical (unpaired) electrons. The number of ether oxygens (including phenoxy) is 2. The summed E-state index contributed by atoms with van der Waals surface area (Å²) in [6.45, 7) is 1.03. The van der Waals surface area contributed by atoms with Gasteiger partial charge in [0, 0.05) is 24.5 Å². The second kappa shape index (κ2) is 8.00. The summed E-state index contributed by atoms with van der Waals surface area (Å²) in [6.07, 6.45) is 7.40. The monoisotopic (exact) mass is 431 g/mol. The topological polar surface area (TPSA) is 76.2 Å². The van der Waals surface area contributed by atoms with Gasteiger partial charge < -0.3 is 18.9 Å². The molecule has 9 heteroatoms. The zero-order chi connectivity index (χ0) is 22.1. The number of nitrogens with zero attached hydrogens (tertiary/aromatic N) is 5. The third-order valence-electron chi connectivity index (χ3n) is 4.95. The number of hydrogen-bond donors (Lipinski definition) is 0. The van der Waals surface area contributed by atoms with Gasteiger partial charge in [0.15, 0.2) is 17.8 Å². The lowest BCUT2D eigenvalue weighted by Crippen LogP contribution is -2.14. The van der Waals surface area contributed by atoms with Gasteiger partial charge in [0.1, 0.15) is 29.2 Å². The maximum Gasteiger partial charge on any atom is 0.247 e. The lowest BCUT2D eigenvalue weighted by molar-refractivity contribution is 0.434. The van der Waals surface area contributed by atoms with Crippen molar-refractivity contribution in [2.45, 2.75) is 0 Å². The van der Waals surface area contributed by atoms with Crippen molar-refractivity contribution >= 4 is 16.7 Å². The first kappa shape index (κ1) is 19.5. The third kappa shape index (κ3) is 3.70. The van der Waals surface area contributed by atoms with E-state index in [0.717, 1.165) is 17.8 Å². The summed E-state index contributed by atoms with van der Waals surface area (Å²) < 4.78 is 40.2. The van der Waals surface area contributed by atoms with Crippen LogP contribution in [0.25, 0.3) is 16.7 Å². The molecule has 0 fully saturated rings. The Bertz CT molecular complexity index is 1380. The van der Waals surface area contributed by atoms with Crippen LogP contribution in [-0.2, 0) is 0 Å². The molecule has 0 unspecified atom stereocenters. The van der Waals surface area contributed by atoms with E-state index in [-0.39, 0.29) is 5.75 Å².